The van der Waals surface area contributed by atoms with E-state index in [0.717, 1.165) is 18.6 Å². The molecule has 1 fully saturated rings. The van der Waals surface area contributed by atoms with Crippen LogP contribution in [0, 0.1) is 18.1 Å². The zero-order valence-electron chi connectivity index (χ0n) is 13.7. The van der Waals surface area contributed by atoms with Gasteiger partial charge in [0.15, 0.2) is 11.6 Å². The second-order valence-electron chi connectivity index (χ2n) is 4.48. The van der Waals surface area contributed by atoms with Crippen LogP contribution in [0.4, 0.5) is 69.3 Å². The average Bonchev–Trinajstić information content (AvgIpc) is 2.95. The zero-order valence-corrected chi connectivity index (χ0v) is 16.8. The van der Waals surface area contributed by atoms with Crippen molar-refractivity contribution < 1.29 is 121 Å². The Labute approximate surface area is 195 Å². The minimum absolute atomic E-state index is 0. The third-order valence-electron chi connectivity index (χ3n) is 2.00. The maximum Gasteiger partial charge on any atom is 1.00 e. The van der Waals surface area contributed by atoms with Crippen LogP contribution >= 0.6 is 0 Å². The summed E-state index contributed by atoms with van der Waals surface area (Å²) in [4.78, 5) is 0. The first-order valence-corrected chi connectivity index (χ1v) is 6.31. The first kappa shape index (κ1) is 33.6. The van der Waals surface area contributed by atoms with Crippen molar-refractivity contribution >= 4 is 21.8 Å². The molecule has 1 aromatic carbocycles. The van der Waals surface area contributed by atoms with Gasteiger partial charge in [-0.1, -0.05) is 11.6 Å². The number of alkyl halides is 2. The predicted molar refractivity (Wildman–Crippen MR) is 68.9 cm³/mol. The molecular weight excluding hydrogens is 484 g/mol. The average molecular weight is 489 g/mol. The van der Waals surface area contributed by atoms with Gasteiger partial charge in [0, 0.05) is 0 Å². The molecule has 0 nitrogen and oxygen atoms in total. The fourth-order valence-electron chi connectivity index (χ4n) is 1.20. The van der Waals surface area contributed by atoms with Gasteiger partial charge in [0.25, 0.3) is 0 Å². The van der Waals surface area contributed by atoms with E-state index < -0.39 is 45.2 Å². The van der Waals surface area contributed by atoms with Gasteiger partial charge in [-0.05, 0) is 12.1 Å². The molecule has 0 bridgehead atoms. The molecule has 1 aliphatic rings. The van der Waals surface area contributed by atoms with E-state index in [2.05, 4.69) is 0 Å². The van der Waals surface area contributed by atoms with Crippen molar-refractivity contribution in [3.8, 4) is 0 Å². The Morgan fingerprint density at radius 2 is 0.931 bits per heavy atom. The van der Waals surface area contributed by atoms with E-state index in [1.165, 1.54) is 6.07 Å². The number of hydrogen-bond acceptors (Lipinski definition) is 0. The van der Waals surface area contributed by atoms with Gasteiger partial charge < -0.3 is 51.8 Å². The summed E-state index contributed by atoms with van der Waals surface area (Å²) in [7, 11) is -18.0. The number of benzene rings is 1. The first-order valence-electron chi connectivity index (χ1n) is 6.31. The van der Waals surface area contributed by atoms with Crippen LogP contribution in [0.25, 0.3) is 0 Å². The molecule has 0 aliphatic heterocycles. The van der Waals surface area contributed by atoms with Crippen LogP contribution in [-0.2, 0) is 0 Å². The zero-order chi connectivity index (χ0) is 23.1. The van der Waals surface area contributed by atoms with Crippen molar-refractivity contribution in [1.29, 1.82) is 0 Å². The Kier molecular flexibility index (Phi) is 14.7. The molecule has 2 rings (SSSR count). The van der Waals surface area contributed by atoms with Gasteiger partial charge in [-0.15, -0.1) is 5.92 Å². The van der Waals surface area contributed by atoms with Crippen LogP contribution in [0.15, 0.2) is 18.2 Å². The van der Waals surface area contributed by atoms with Gasteiger partial charge in [-0.2, -0.15) is 0 Å². The summed E-state index contributed by atoms with van der Waals surface area (Å²) < 4.78 is 167. The summed E-state index contributed by atoms with van der Waals surface area (Å²) in [6, 6.07) is 2.82. The quantitative estimate of drug-likeness (QED) is 0.321. The van der Waals surface area contributed by atoms with Crippen molar-refractivity contribution in [1.82, 2.24) is 0 Å². The van der Waals surface area contributed by atoms with E-state index in [4.69, 9.17) is 0 Å². The molecule has 29 heavy (non-hydrogen) atoms. The number of halogens is 16. The Morgan fingerprint density at radius 3 is 1.14 bits per heavy atom. The van der Waals surface area contributed by atoms with Gasteiger partial charge in [0.05, 0.1) is 0 Å². The smallest absolute Gasteiger partial charge is 0.418 e. The molecule has 1 aromatic rings. The molecule has 0 N–H and O–H groups in total. The van der Waals surface area contributed by atoms with E-state index in [1.54, 1.807) is 0 Å². The summed E-state index contributed by atoms with van der Waals surface area (Å²) in [5.74, 6) is -6.02. The van der Waals surface area contributed by atoms with Gasteiger partial charge in [-0.25, -0.2) is 17.6 Å². The van der Waals surface area contributed by atoms with Crippen LogP contribution in [0.5, 0.6) is 0 Å². The fraction of sp³-hybridized carbons (Fsp3) is 0.222. The van der Waals surface area contributed by atoms with Crippen molar-refractivity contribution in [3.63, 3.8) is 0 Å². The summed E-state index contributed by atoms with van der Waals surface area (Å²) in [6.07, 6.45) is 0.791. The van der Waals surface area contributed by atoms with Crippen molar-refractivity contribution in [2.75, 3.05) is 0 Å². The van der Waals surface area contributed by atoms with Crippen LogP contribution in [-0.4, -0.2) is 27.7 Å². The Hall–Kier alpha value is -0.0688. The SMILES string of the molecule is F[B-](F)(F)F.F[B-](F)(F)F.F[B-](F)(F)F.Fc1ccc(C2[CH-]C2(F)F)cc1F.[K+]. The Balaban J connectivity index is -0.000000357. The summed E-state index contributed by atoms with van der Waals surface area (Å²) >= 11 is 0. The molecule has 0 heterocycles. The van der Waals surface area contributed by atoms with Crippen molar-refractivity contribution in [2.45, 2.75) is 11.8 Å². The molecule has 0 saturated heterocycles. The van der Waals surface area contributed by atoms with Gasteiger partial charge in [0.1, 0.15) is 5.92 Å². The fourth-order valence-corrected chi connectivity index (χ4v) is 1.20. The molecule has 0 aromatic heterocycles. The third kappa shape index (κ3) is 27.9. The molecule has 0 radical (unpaired) electrons. The minimum atomic E-state index is -6.00. The first-order chi connectivity index (χ1) is 12.0. The second-order valence-corrected chi connectivity index (χ2v) is 4.48. The van der Waals surface area contributed by atoms with Crippen LogP contribution in [0.3, 0.4) is 0 Å². The van der Waals surface area contributed by atoms with E-state index in [9.17, 15) is 69.3 Å². The van der Waals surface area contributed by atoms with E-state index in [0.29, 0.717) is 0 Å². The maximum absolute atomic E-state index is 12.6. The molecule has 1 aliphatic carbocycles. The maximum atomic E-state index is 12.6. The van der Waals surface area contributed by atoms with Gasteiger partial charge >= 0.3 is 73.1 Å². The predicted octanol–water partition coefficient (Wildman–Crippen LogP) is 3.81. The molecule has 20 heteroatoms. The number of hydrogen-bond donors (Lipinski definition) is 0. The van der Waals surface area contributed by atoms with E-state index in [1.807, 2.05) is 0 Å². The van der Waals surface area contributed by atoms with Crippen LogP contribution < -0.4 is 51.4 Å². The van der Waals surface area contributed by atoms with Gasteiger partial charge in [0.2, 0.25) is 0 Å². The summed E-state index contributed by atoms with van der Waals surface area (Å²) in [5.41, 5.74) is 0.115. The monoisotopic (exact) mass is 489 g/mol. The largest absolute Gasteiger partial charge is 1.00 e. The molecule has 1 atom stereocenters. The van der Waals surface area contributed by atoms with Gasteiger partial charge in [-0.3, -0.25) is 6.42 Å². The summed E-state index contributed by atoms with van der Waals surface area (Å²) in [5, 5.41) is 0. The van der Waals surface area contributed by atoms with Crippen molar-refractivity contribution in [3.05, 3.63) is 41.8 Å². The minimum Gasteiger partial charge on any atom is -0.418 e. The third-order valence-corrected chi connectivity index (χ3v) is 2.00. The van der Waals surface area contributed by atoms with Crippen LogP contribution in [0.1, 0.15) is 11.5 Å². The number of rotatable bonds is 1. The summed E-state index contributed by atoms with van der Waals surface area (Å²) in [6.45, 7) is 0. The molecular formula is C9H5B3F16K-3. The molecule has 0 amide bonds. The topological polar surface area (TPSA) is 0 Å². The second kappa shape index (κ2) is 12.7. The van der Waals surface area contributed by atoms with E-state index in [-0.39, 0.29) is 56.9 Å². The normalized spacial score (nSPS) is 17.2. The standard InChI is InChI=1S/C9H5F4.3BF4.K/c10-7-2-1-5(3-8(7)11)6-4-9(6,12)13;3*2-1(3,4)5;/h1-4,6H;;;;/q4*-1;+1. The molecule has 1 unspecified atom stereocenters. The molecule has 166 valence electrons. The molecule has 0 spiro atoms. The van der Waals surface area contributed by atoms with Crippen LogP contribution in [0.2, 0.25) is 0 Å². The van der Waals surface area contributed by atoms with Crippen molar-refractivity contribution in [2.24, 2.45) is 0 Å². The Morgan fingerprint density at radius 1 is 0.655 bits per heavy atom. The van der Waals surface area contributed by atoms with E-state index >= 15 is 0 Å². The molecule has 1 saturated carbocycles. The Bertz CT molecular complexity index is 550.